The van der Waals surface area contributed by atoms with Gasteiger partial charge in [0.25, 0.3) is 0 Å². The molecule has 0 saturated carbocycles. The van der Waals surface area contributed by atoms with Crippen LogP contribution in [0.2, 0.25) is 0 Å². The second-order valence-electron chi connectivity index (χ2n) is 14.3. The van der Waals surface area contributed by atoms with Crippen molar-refractivity contribution >= 4 is 67.3 Å². The number of hydrogen-bond acceptors (Lipinski definition) is 13. The van der Waals surface area contributed by atoms with Gasteiger partial charge in [-0.3, -0.25) is 48.1 Å². The van der Waals surface area contributed by atoms with E-state index in [1.165, 1.54) is 31.2 Å². The third-order valence-electron chi connectivity index (χ3n) is 9.26. The molecule has 6 atom stereocenters. The summed E-state index contributed by atoms with van der Waals surface area (Å²) in [4.78, 5) is 132. The highest BCUT2D eigenvalue weighted by atomic mass is 31.2. The van der Waals surface area contributed by atoms with Gasteiger partial charge in [0.2, 0.25) is 29.5 Å². The van der Waals surface area contributed by atoms with Gasteiger partial charge in [0, 0.05) is 31.8 Å². The summed E-state index contributed by atoms with van der Waals surface area (Å²) in [5.41, 5.74) is 0.509. The molecule has 2 aromatic carbocycles. The monoisotopic (exact) mass is 923 g/mol. The first kappa shape index (κ1) is 53.1. The van der Waals surface area contributed by atoms with Crippen LogP contribution in [0.3, 0.4) is 0 Å². The van der Waals surface area contributed by atoms with Gasteiger partial charge in [-0.25, -0.2) is 9.36 Å². The lowest BCUT2D eigenvalue weighted by Gasteiger charge is -2.28. The number of rotatable bonds is 27. The Morgan fingerprint density at radius 1 is 0.641 bits per heavy atom. The van der Waals surface area contributed by atoms with Crippen molar-refractivity contribution in [1.29, 1.82) is 0 Å². The van der Waals surface area contributed by atoms with Crippen LogP contribution in [0.5, 0.6) is 17.2 Å². The zero-order chi connectivity index (χ0) is 48.3. The lowest BCUT2D eigenvalue weighted by atomic mass is 9.96. The maximum atomic E-state index is 13.9. The number of carbonyl (C=O) groups excluding carboxylic acids is 5. The van der Waals surface area contributed by atoms with E-state index in [2.05, 4.69) is 31.1 Å². The molecule has 0 heterocycles. The third kappa shape index (κ3) is 19.3. The molecule has 24 nitrogen and oxygen atoms in total. The van der Waals surface area contributed by atoms with E-state index in [-0.39, 0.29) is 29.7 Å². The fraction of sp³-hybridized carbons (Fsp3) is 0.410. The van der Waals surface area contributed by atoms with Crippen LogP contribution in [0, 0.1) is 5.92 Å². The first-order valence-electron chi connectivity index (χ1n) is 19.3. The summed E-state index contributed by atoms with van der Waals surface area (Å²) >= 11 is 0. The molecule has 0 aromatic heterocycles. The van der Waals surface area contributed by atoms with Crippen LogP contribution in [-0.2, 0) is 54.1 Å². The van der Waals surface area contributed by atoms with Gasteiger partial charge in [-0.1, -0.05) is 38.5 Å². The second kappa shape index (κ2) is 25.2. The molecule has 2 rings (SSSR count). The van der Waals surface area contributed by atoms with Crippen LogP contribution in [-0.4, -0.2) is 124 Å². The number of phosphoric ester groups is 1. The van der Waals surface area contributed by atoms with Crippen molar-refractivity contribution in [1.82, 2.24) is 26.6 Å². The normalized spacial score (nSPS) is 14.1. The van der Waals surface area contributed by atoms with Crippen molar-refractivity contribution in [3.63, 3.8) is 0 Å². The van der Waals surface area contributed by atoms with Gasteiger partial charge >= 0.3 is 31.7 Å². The van der Waals surface area contributed by atoms with E-state index in [0.29, 0.717) is 0 Å². The molecule has 13 N–H and O–H groups in total. The predicted molar refractivity (Wildman–Crippen MR) is 219 cm³/mol. The van der Waals surface area contributed by atoms with Crippen molar-refractivity contribution in [3.05, 3.63) is 59.7 Å². The molecule has 25 heteroatoms. The van der Waals surface area contributed by atoms with Crippen LogP contribution in [0.4, 0.5) is 0 Å². The highest BCUT2D eigenvalue weighted by molar-refractivity contribution is 7.46. The minimum absolute atomic E-state index is 0.222. The van der Waals surface area contributed by atoms with Crippen LogP contribution < -0.4 is 31.1 Å². The number of phenols is 2. The Morgan fingerprint density at radius 3 is 1.59 bits per heavy atom. The molecule has 0 fully saturated rings. The Hall–Kier alpha value is -7.04. The Kier molecular flexibility index (Phi) is 20.9. The van der Waals surface area contributed by atoms with Gasteiger partial charge < -0.3 is 61.7 Å². The highest BCUT2D eigenvalue weighted by Crippen LogP contribution is 2.37. The molecule has 1 unspecified atom stereocenters. The van der Waals surface area contributed by atoms with Crippen LogP contribution in [0.25, 0.3) is 6.08 Å². The SMILES string of the molecule is CCC(C)[C@H](NC(=O)[C@H](CCC(=O)O)NC(=O)[C@H](CCC(=O)O)NC(=O)[C@H](Cc1ccc(OP(=O)(O)O)cc1)NC(=O)/C=C/c1ccc(O)c(O)c1)C(=O)N[C@@H](CCC(=O)O)C(=O)O. The van der Waals surface area contributed by atoms with Crippen LogP contribution in [0.15, 0.2) is 48.5 Å². The number of carboxylic acid groups (broad SMARTS) is 4. The Balaban J connectivity index is 2.46. The average Bonchev–Trinajstić information content (AvgIpc) is 3.20. The summed E-state index contributed by atoms with van der Waals surface area (Å²) in [5.74, 6) is -13.1. The fourth-order valence-corrected chi connectivity index (χ4v) is 6.06. The molecule has 0 aliphatic heterocycles. The van der Waals surface area contributed by atoms with Crippen molar-refractivity contribution in [2.75, 3.05) is 0 Å². The lowest BCUT2D eigenvalue weighted by molar-refractivity contribution is -0.144. The topological polar surface area (TPSA) is 402 Å². The van der Waals surface area contributed by atoms with E-state index in [0.717, 1.165) is 30.3 Å². The van der Waals surface area contributed by atoms with Gasteiger partial charge in [0.05, 0.1) is 0 Å². The molecule has 2 aromatic rings. The number of aromatic hydroxyl groups is 2. The van der Waals surface area contributed by atoms with E-state index in [4.69, 9.17) is 14.9 Å². The van der Waals surface area contributed by atoms with Crippen LogP contribution >= 0.6 is 7.82 Å². The second-order valence-corrected chi connectivity index (χ2v) is 15.4. The van der Waals surface area contributed by atoms with E-state index in [1.807, 2.05) is 0 Å². The highest BCUT2D eigenvalue weighted by Gasteiger charge is 2.35. The number of phenolic OH excluding ortho intramolecular Hbond substituents is 2. The Bertz CT molecular complexity index is 2110. The fourth-order valence-electron chi connectivity index (χ4n) is 5.66. The molecule has 0 saturated heterocycles. The first-order valence-corrected chi connectivity index (χ1v) is 20.9. The van der Waals surface area contributed by atoms with E-state index in [9.17, 15) is 73.2 Å². The number of amides is 5. The summed E-state index contributed by atoms with van der Waals surface area (Å²) < 4.78 is 15.8. The molecular weight excluding hydrogens is 873 g/mol. The van der Waals surface area contributed by atoms with Crippen molar-refractivity contribution in [2.24, 2.45) is 5.92 Å². The summed E-state index contributed by atoms with van der Waals surface area (Å²) in [7, 11) is -4.95. The maximum absolute atomic E-state index is 13.9. The number of hydrogen-bond donors (Lipinski definition) is 13. The molecule has 5 amide bonds. The first-order chi connectivity index (χ1) is 29.9. The summed E-state index contributed by atoms with van der Waals surface area (Å²) in [5, 5.41) is 68.3. The maximum Gasteiger partial charge on any atom is 0.524 e. The van der Waals surface area contributed by atoms with E-state index >= 15 is 0 Å². The van der Waals surface area contributed by atoms with Crippen molar-refractivity contribution in [2.45, 2.75) is 95.4 Å². The molecular formula is C39H50N5O19P. The lowest BCUT2D eigenvalue weighted by Crippen LogP contribution is -2.60. The molecule has 0 radical (unpaired) electrons. The summed E-state index contributed by atoms with van der Waals surface area (Å²) in [6.45, 7) is 3.13. The summed E-state index contributed by atoms with van der Waals surface area (Å²) in [6.07, 6.45) is -1.81. The number of benzene rings is 2. The molecule has 0 bridgehead atoms. The molecule has 0 aliphatic rings. The van der Waals surface area contributed by atoms with Gasteiger partial charge in [-0.15, -0.1) is 0 Å². The number of carbonyl (C=O) groups is 9. The zero-order valence-electron chi connectivity index (χ0n) is 34.3. The van der Waals surface area contributed by atoms with Gasteiger partial charge in [-0.05, 0) is 66.6 Å². The van der Waals surface area contributed by atoms with Crippen molar-refractivity contribution in [3.8, 4) is 17.2 Å². The Labute approximate surface area is 364 Å². The van der Waals surface area contributed by atoms with Crippen LogP contribution in [0.1, 0.15) is 69.9 Å². The number of carboxylic acids is 4. The Morgan fingerprint density at radius 2 is 1.12 bits per heavy atom. The molecule has 0 aliphatic carbocycles. The molecule has 0 spiro atoms. The van der Waals surface area contributed by atoms with Crippen molar-refractivity contribution < 1.29 is 92.7 Å². The quantitative estimate of drug-likeness (QED) is 0.0318. The largest absolute Gasteiger partial charge is 0.524 e. The minimum atomic E-state index is -4.95. The minimum Gasteiger partial charge on any atom is -0.504 e. The van der Waals surface area contributed by atoms with E-state index in [1.54, 1.807) is 6.92 Å². The van der Waals surface area contributed by atoms with Gasteiger partial charge in [-0.2, -0.15) is 0 Å². The standard InChI is InChI=1S/C39H50N5O19P/c1-3-20(2)34(38(57)43-26(39(58)59)12-17-33(52)53)44-36(55)25(11-16-32(50)51)41-35(54)24(10-15-31(48)49)42-37(56)27(18-21-4-8-23(9-5-21)63-64(60,61)62)40-30(47)14-7-22-6-13-28(45)29(46)19-22/h4-9,13-14,19-20,24-27,34,45-46H,3,10-12,15-18H2,1-2H3,(H,40,47)(H,41,54)(H,42,56)(H,43,57)(H,44,55)(H,48,49)(H,50,51)(H,52,53)(H,58,59)(H2,60,61,62)/b14-7+/t20?,24-,25-,26-,27-,34-/m0/s1. The molecule has 350 valence electrons. The smallest absolute Gasteiger partial charge is 0.504 e. The summed E-state index contributed by atoms with van der Waals surface area (Å²) in [6, 6.07) is 0.199. The molecule has 64 heavy (non-hydrogen) atoms. The average molecular weight is 924 g/mol. The van der Waals surface area contributed by atoms with Gasteiger partial charge in [0.1, 0.15) is 36.0 Å². The number of nitrogens with one attached hydrogen (secondary N) is 5. The zero-order valence-corrected chi connectivity index (χ0v) is 35.2. The van der Waals surface area contributed by atoms with Gasteiger partial charge in [0.15, 0.2) is 11.5 Å². The third-order valence-corrected chi connectivity index (χ3v) is 9.71. The number of phosphoric acid groups is 1. The predicted octanol–water partition coefficient (Wildman–Crippen LogP) is -0.0257. The van der Waals surface area contributed by atoms with E-state index < -0.39 is 147 Å². The number of aliphatic carboxylic acids is 4.